The predicted octanol–water partition coefficient (Wildman–Crippen LogP) is 2.24. The maximum atomic E-state index is 11.8. The van der Waals surface area contributed by atoms with Crippen molar-refractivity contribution in [2.75, 3.05) is 23.4 Å². The molecule has 0 spiro atoms. The first-order valence-corrected chi connectivity index (χ1v) is 8.34. The summed E-state index contributed by atoms with van der Waals surface area (Å²) in [5, 5.41) is 11.6. The molecule has 0 aliphatic carbocycles. The molecule has 1 aromatic heterocycles. The third kappa shape index (κ3) is 5.76. The van der Waals surface area contributed by atoms with Gasteiger partial charge in [0.1, 0.15) is 5.00 Å². The highest BCUT2D eigenvalue weighted by Crippen LogP contribution is 2.29. The Morgan fingerprint density at radius 2 is 2.05 bits per heavy atom. The number of carbonyl (C=O) groups is 3. The molecule has 0 bridgehead atoms. The van der Waals surface area contributed by atoms with Crippen molar-refractivity contribution in [2.45, 2.75) is 20.3 Å². The Bertz CT molecular complexity index is 527. The normalized spacial score (nSPS) is 10.2. The van der Waals surface area contributed by atoms with Crippen LogP contribution in [0.25, 0.3) is 0 Å². The highest BCUT2D eigenvalue weighted by atomic mass is 32.2. The van der Waals surface area contributed by atoms with Gasteiger partial charge in [0, 0.05) is 4.88 Å². The number of carbonyl (C=O) groups excluding carboxylic acids is 2. The summed E-state index contributed by atoms with van der Waals surface area (Å²) in [5.74, 6) is -1.89. The third-order valence-corrected chi connectivity index (χ3v) is 4.45. The Hall–Kier alpha value is -1.54. The summed E-state index contributed by atoms with van der Waals surface area (Å²) >= 11 is 2.33. The van der Waals surface area contributed by atoms with E-state index in [0.29, 0.717) is 10.6 Å². The van der Waals surface area contributed by atoms with Crippen molar-refractivity contribution >= 4 is 45.9 Å². The molecule has 1 aromatic rings. The highest BCUT2D eigenvalue weighted by Gasteiger charge is 2.18. The first-order chi connectivity index (χ1) is 9.97. The molecule has 0 atom stereocenters. The Morgan fingerprint density at radius 1 is 1.33 bits per heavy atom. The van der Waals surface area contributed by atoms with E-state index in [0.717, 1.165) is 23.1 Å². The summed E-state index contributed by atoms with van der Waals surface area (Å²) in [6.45, 7) is 3.93. The van der Waals surface area contributed by atoms with Crippen LogP contribution in [0.5, 0.6) is 0 Å². The minimum atomic E-state index is -0.968. The first-order valence-electron chi connectivity index (χ1n) is 6.37. The minimum absolute atomic E-state index is 0.0217. The number of amides is 1. The maximum absolute atomic E-state index is 11.8. The van der Waals surface area contributed by atoms with Gasteiger partial charge in [-0.2, -0.15) is 0 Å². The van der Waals surface area contributed by atoms with Gasteiger partial charge >= 0.3 is 11.9 Å². The molecule has 0 saturated heterocycles. The summed E-state index contributed by atoms with van der Waals surface area (Å²) < 4.78 is 4.95. The molecule has 21 heavy (non-hydrogen) atoms. The molecule has 1 heterocycles. The van der Waals surface area contributed by atoms with E-state index in [2.05, 4.69) is 5.32 Å². The molecule has 0 unspecified atom stereocenters. The van der Waals surface area contributed by atoms with Crippen LogP contribution >= 0.6 is 23.1 Å². The number of aliphatic carboxylic acids is 1. The van der Waals surface area contributed by atoms with Gasteiger partial charge in [-0.1, -0.05) is 6.92 Å². The van der Waals surface area contributed by atoms with Crippen molar-refractivity contribution in [1.29, 1.82) is 0 Å². The zero-order valence-electron chi connectivity index (χ0n) is 11.8. The maximum Gasteiger partial charge on any atom is 0.341 e. The second kappa shape index (κ2) is 8.68. The van der Waals surface area contributed by atoms with Crippen LogP contribution in [-0.2, 0) is 20.7 Å². The lowest BCUT2D eigenvalue weighted by Gasteiger charge is -2.05. The van der Waals surface area contributed by atoms with Crippen molar-refractivity contribution in [3.63, 3.8) is 0 Å². The lowest BCUT2D eigenvalue weighted by Crippen LogP contribution is -2.16. The smallest absolute Gasteiger partial charge is 0.341 e. The van der Waals surface area contributed by atoms with Gasteiger partial charge in [0.15, 0.2) is 0 Å². The van der Waals surface area contributed by atoms with E-state index in [1.54, 1.807) is 13.0 Å². The largest absolute Gasteiger partial charge is 0.481 e. The molecule has 116 valence electrons. The molecule has 0 aromatic carbocycles. The van der Waals surface area contributed by atoms with Crippen molar-refractivity contribution in [3.8, 4) is 0 Å². The number of carboxylic acid groups (broad SMARTS) is 1. The van der Waals surface area contributed by atoms with Crippen molar-refractivity contribution in [2.24, 2.45) is 0 Å². The molecule has 0 fully saturated rings. The summed E-state index contributed by atoms with van der Waals surface area (Å²) in [7, 11) is 0. The Kier molecular flexibility index (Phi) is 7.24. The molecule has 8 heteroatoms. The van der Waals surface area contributed by atoms with Crippen LogP contribution in [0.1, 0.15) is 29.1 Å². The number of thiophene rings is 1. The van der Waals surface area contributed by atoms with Crippen LogP contribution in [0.15, 0.2) is 6.07 Å². The quantitative estimate of drug-likeness (QED) is 0.710. The second-order valence-electron chi connectivity index (χ2n) is 3.96. The number of rotatable bonds is 8. The molecule has 6 nitrogen and oxygen atoms in total. The van der Waals surface area contributed by atoms with Gasteiger partial charge in [0.25, 0.3) is 0 Å². The number of aryl methyl sites for hydroxylation is 1. The number of carboxylic acids is 1. The summed E-state index contributed by atoms with van der Waals surface area (Å²) in [4.78, 5) is 34.9. The zero-order chi connectivity index (χ0) is 15.8. The fourth-order valence-corrected chi connectivity index (χ4v) is 3.00. The number of nitrogens with one attached hydrogen (secondary N) is 1. The molecule has 1 amide bonds. The molecule has 0 aliphatic rings. The fraction of sp³-hybridized carbons (Fsp3) is 0.462. The third-order valence-electron chi connectivity index (χ3n) is 2.34. The van der Waals surface area contributed by atoms with Gasteiger partial charge in [-0.3, -0.25) is 9.59 Å². The van der Waals surface area contributed by atoms with E-state index in [9.17, 15) is 14.4 Å². The number of ether oxygens (including phenoxy) is 1. The van der Waals surface area contributed by atoms with Crippen LogP contribution in [0, 0.1) is 0 Å². The Morgan fingerprint density at radius 3 is 2.62 bits per heavy atom. The number of esters is 1. The van der Waals surface area contributed by atoms with Crippen LogP contribution in [0.4, 0.5) is 5.00 Å². The van der Waals surface area contributed by atoms with Gasteiger partial charge in [-0.15, -0.1) is 23.1 Å². The van der Waals surface area contributed by atoms with Crippen LogP contribution in [0.3, 0.4) is 0 Å². The average molecular weight is 331 g/mol. The summed E-state index contributed by atoms with van der Waals surface area (Å²) in [5.41, 5.74) is 0.343. The van der Waals surface area contributed by atoms with E-state index >= 15 is 0 Å². The number of anilines is 1. The van der Waals surface area contributed by atoms with Crippen molar-refractivity contribution < 1.29 is 24.2 Å². The standard InChI is InChI=1S/C13H17NO5S2/c1-3-8-5-9(13(18)19-4-2)12(21-8)14-10(15)6-20-7-11(16)17/h5H,3-4,6-7H2,1-2H3,(H,14,15)(H,16,17). The van der Waals surface area contributed by atoms with Crippen molar-refractivity contribution in [3.05, 3.63) is 16.5 Å². The minimum Gasteiger partial charge on any atom is -0.481 e. The lowest BCUT2D eigenvalue weighted by atomic mass is 10.2. The van der Waals surface area contributed by atoms with Gasteiger partial charge in [0.05, 0.1) is 23.7 Å². The average Bonchev–Trinajstić information content (AvgIpc) is 2.81. The van der Waals surface area contributed by atoms with E-state index in [1.165, 1.54) is 11.3 Å². The number of thioether (sulfide) groups is 1. The lowest BCUT2D eigenvalue weighted by molar-refractivity contribution is -0.133. The molecule has 2 N–H and O–H groups in total. The molecule has 1 rings (SSSR count). The van der Waals surface area contributed by atoms with Gasteiger partial charge in [0.2, 0.25) is 5.91 Å². The molecule has 0 saturated carbocycles. The van der Waals surface area contributed by atoms with Gasteiger partial charge in [-0.25, -0.2) is 4.79 Å². The molecular formula is C13H17NO5S2. The summed E-state index contributed by atoms with van der Waals surface area (Å²) in [6, 6.07) is 1.71. The predicted molar refractivity (Wildman–Crippen MR) is 83.2 cm³/mol. The number of hydrogen-bond donors (Lipinski definition) is 2. The first kappa shape index (κ1) is 17.5. The fourth-order valence-electron chi connectivity index (χ4n) is 1.46. The van der Waals surface area contributed by atoms with Crippen LogP contribution in [0.2, 0.25) is 0 Å². The van der Waals surface area contributed by atoms with Crippen molar-refractivity contribution in [1.82, 2.24) is 0 Å². The molecular weight excluding hydrogens is 314 g/mol. The van der Waals surface area contributed by atoms with E-state index in [1.807, 2.05) is 6.92 Å². The zero-order valence-corrected chi connectivity index (χ0v) is 13.4. The Labute approximate surface area is 130 Å². The number of hydrogen-bond acceptors (Lipinski definition) is 6. The topological polar surface area (TPSA) is 92.7 Å². The second-order valence-corrected chi connectivity index (χ2v) is 6.09. The van der Waals surface area contributed by atoms with E-state index in [-0.39, 0.29) is 24.0 Å². The highest BCUT2D eigenvalue weighted by molar-refractivity contribution is 8.00. The van der Waals surface area contributed by atoms with Crippen LogP contribution < -0.4 is 5.32 Å². The monoisotopic (exact) mass is 331 g/mol. The van der Waals surface area contributed by atoms with Gasteiger partial charge < -0.3 is 15.2 Å². The SMILES string of the molecule is CCOC(=O)c1cc(CC)sc1NC(=O)CSCC(=O)O. The molecule has 0 aliphatic heterocycles. The van der Waals surface area contributed by atoms with E-state index in [4.69, 9.17) is 9.84 Å². The van der Waals surface area contributed by atoms with E-state index < -0.39 is 11.9 Å². The molecule has 0 radical (unpaired) electrons. The summed E-state index contributed by atoms with van der Waals surface area (Å²) in [6.07, 6.45) is 0.751. The van der Waals surface area contributed by atoms with Gasteiger partial charge in [-0.05, 0) is 19.4 Å². The Balaban J connectivity index is 2.72. The van der Waals surface area contributed by atoms with Crippen LogP contribution in [-0.4, -0.2) is 41.1 Å².